The summed E-state index contributed by atoms with van der Waals surface area (Å²) in [6.07, 6.45) is 4.03. The summed E-state index contributed by atoms with van der Waals surface area (Å²) in [5, 5.41) is 9.29. The number of aryl methyl sites for hydroxylation is 1. The van der Waals surface area contributed by atoms with Gasteiger partial charge in [-0.1, -0.05) is 116 Å². The molecule has 0 spiro atoms. The third kappa shape index (κ3) is 4.81. The lowest BCUT2D eigenvalue weighted by Gasteiger charge is -2.14. The Morgan fingerprint density at radius 2 is 1.39 bits per heavy atom. The molecule has 3 heteroatoms. The maximum absolute atomic E-state index is 6.52. The highest BCUT2D eigenvalue weighted by molar-refractivity contribution is 7.20. The smallest absolute Gasteiger partial charge is 0.137 e. The number of benzene rings is 7. The van der Waals surface area contributed by atoms with Crippen LogP contribution >= 0.6 is 11.3 Å². The largest absolute Gasteiger partial charge is 0.456 e. The van der Waals surface area contributed by atoms with Gasteiger partial charge in [0.1, 0.15) is 11.2 Å². The molecule has 3 heterocycles. The van der Waals surface area contributed by atoms with Crippen LogP contribution in [0, 0.1) is 6.92 Å². The standard InChI is InChI=1S/C48H31NOS/c1-3-11-38(48-29(2)37-18-8-9-19-45(37)51-48)34-16-10-17-36(25-34)42-28-40(35-21-20-30-12-4-5-13-31(30)24-35)39-22-23-43-46(47(39)49-42)41-26-32-14-6-7-15-33(32)27-44(41)50-43/h3-28H,1H2,2H3/b38-11-. The second-order valence-electron chi connectivity index (χ2n) is 13.2. The van der Waals surface area contributed by atoms with Crippen LogP contribution in [-0.2, 0) is 0 Å². The third-order valence-electron chi connectivity index (χ3n) is 10.2. The molecular formula is C48H31NOS. The Labute approximate surface area is 299 Å². The van der Waals surface area contributed by atoms with Crippen molar-refractivity contribution in [2.75, 3.05) is 0 Å². The summed E-state index contributed by atoms with van der Waals surface area (Å²) >= 11 is 1.83. The van der Waals surface area contributed by atoms with Gasteiger partial charge in [0, 0.05) is 25.9 Å². The monoisotopic (exact) mass is 669 g/mol. The molecule has 0 aliphatic carbocycles. The maximum atomic E-state index is 6.52. The second-order valence-corrected chi connectivity index (χ2v) is 14.3. The van der Waals surface area contributed by atoms with Crippen LogP contribution in [0.2, 0.25) is 0 Å². The summed E-state index contributed by atoms with van der Waals surface area (Å²) in [7, 11) is 0. The van der Waals surface area contributed by atoms with Crippen LogP contribution in [0.1, 0.15) is 16.0 Å². The highest BCUT2D eigenvalue weighted by Crippen LogP contribution is 2.42. The summed E-state index contributed by atoms with van der Waals surface area (Å²) in [4.78, 5) is 6.76. The number of hydrogen-bond donors (Lipinski definition) is 0. The summed E-state index contributed by atoms with van der Waals surface area (Å²) < 4.78 is 7.81. The fraction of sp³-hybridized carbons (Fsp3) is 0.0208. The van der Waals surface area contributed by atoms with Crippen molar-refractivity contribution >= 4 is 81.4 Å². The second kappa shape index (κ2) is 11.7. The minimum atomic E-state index is 0.840. The topological polar surface area (TPSA) is 26.0 Å². The van der Waals surface area contributed by atoms with Crippen molar-refractivity contribution in [3.63, 3.8) is 0 Å². The Bertz CT molecular complexity index is 3070. The van der Waals surface area contributed by atoms with E-state index in [1.165, 1.54) is 36.7 Å². The van der Waals surface area contributed by atoms with Crippen LogP contribution in [0.3, 0.4) is 0 Å². The molecule has 0 bridgehead atoms. The van der Waals surface area contributed by atoms with E-state index in [1.807, 2.05) is 17.4 Å². The molecule has 7 aromatic carbocycles. The first-order chi connectivity index (χ1) is 25.1. The SMILES string of the molecule is C=C/C=C(/c1cccc(-c2cc(-c3ccc4ccccc4c3)c3ccc4oc5cc6ccccc6cc5c4c3n2)c1)c1sc2ccccc2c1C. The number of pyridine rings is 1. The molecule has 0 saturated heterocycles. The van der Waals surface area contributed by atoms with Gasteiger partial charge >= 0.3 is 0 Å². The van der Waals surface area contributed by atoms with E-state index in [2.05, 4.69) is 165 Å². The first-order valence-corrected chi connectivity index (χ1v) is 18.0. The lowest BCUT2D eigenvalue weighted by Crippen LogP contribution is -1.93. The predicted octanol–water partition coefficient (Wildman–Crippen LogP) is 13.9. The van der Waals surface area contributed by atoms with Gasteiger partial charge in [-0.05, 0) is 110 Å². The van der Waals surface area contributed by atoms with E-state index >= 15 is 0 Å². The summed E-state index contributed by atoms with van der Waals surface area (Å²) in [5.41, 5.74) is 10.5. The minimum absolute atomic E-state index is 0.840. The Balaban J connectivity index is 1.24. The van der Waals surface area contributed by atoms with Crippen LogP contribution in [0.4, 0.5) is 0 Å². The molecule has 3 aromatic heterocycles. The molecule has 0 amide bonds. The molecule has 0 fully saturated rings. The van der Waals surface area contributed by atoms with Crippen LogP contribution in [0.15, 0.2) is 169 Å². The molecule has 0 saturated carbocycles. The number of aromatic nitrogens is 1. The van der Waals surface area contributed by atoms with Gasteiger partial charge in [0.05, 0.1) is 16.6 Å². The molecule has 10 rings (SSSR count). The zero-order chi connectivity index (χ0) is 34.1. The van der Waals surface area contributed by atoms with Gasteiger partial charge in [0.2, 0.25) is 0 Å². The summed E-state index contributed by atoms with van der Waals surface area (Å²) in [6, 6.07) is 52.1. The average Bonchev–Trinajstić information content (AvgIpc) is 3.72. The molecular weight excluding hydrogens is 639 g/mol. The number of nitrogens with zero attached hydrogens (tertiary/aromatic N) is 1. The maximum Gasteiger partial charge on any atom is 0.137 e. The van der Waals surface area contributed by atoms with Crippen LogP contribution in [-0.4, -0.2) is 4.98 Å². The Hall–Kier alpha value is -6.29. The fourth-order valence-corrected chi connectivity index (χ4v) is 8.93. The molecule has 0 radical (unpaired) electrons. The molecule has 10 aromatic rings. The first-order valence-electron chi connectivity index (χ1n) is 17.2. The summed E-state index contributed by atoms with van der Waals surface area (Å²) in [5.74, 6) is 0. The zero-order valence-corrected chi connectivity index (χ0v) is 28.8. The number of furan rings is 1. The molecule has 0 aliphatic rings. The molecule has 240 valence electrons. The van der Waals surface area contributed by atoms with Crippen molar-refractivity contribution in [1.82, 2.24) is 4.98 Å². The zero-order valence-electron chi connectivity index (χ0n) is 28.0. The van der Waals surface area contributed by atoms with Crippen LogP contribution in [0.25, 0.3) is 92.4 Å². The van der Waals surface area contributed by atoms with Crippen LogP contribution in [0.5, 0.6) is 0 Å². The van der Waals surface area contributed by atoms with E-state index in [9.17, 15) is 0 Å². The Morgan fingerprint density at radius 3 is 2.22 bits per heavy atom. The predicted molar refractivity (Wildman–Crippen MR) is 219 cm³/mol. The minimum Gasteiger partial charge on any atom is -0.456 e. The lowest BCUT2D eigenvalue weighted by atomic mass is 9.93. The van der Waals surface area contributed by atoms with Gasteiger partial charge in [0.25, 0.3) is 0 Å². The van der Waals surface area contributed by atoms with Crippen molar-refractivity contribution < 1.29 is 4.42 Å². The molecule has 0 atom stereocenters. The number of allylic oxidation sites excluding steroid dienone is 2. The normalized spacial score (nSPS) is 12.2. The van der Waals surface area contributed by atoms with Gasteiger partial charge in [-0.15, -0.1) is 11.3 Å². The Morgan fingerprint density at radius 1 is 0.627 bits per heavy atom. The quantitative estimate of drug-likeness (QED) is 0.171. The van der Waals surface area contributed by atoms with Crippen molar-refractivity contribution in [2.45, 2.75) is 6.92 Å². The van der Waals surface area contributed by atoms with Crippen molar-refractivity contribution in [2.24, 2.45) is 0 Å². The lowest BCUT2D eigenvalue weighted by molar-refractivity contribution is 0.669. The highest BCUT2D eigenvalue weighted by Gasteiger charge is 2.19. The molecule has 2 nitrogen and oxygen atoms in total. The highest BCUT2D eigenvalue weighted by atomic mass is 32.1. The Kier molecular flexibility index (Phi) is 6.77. The molecule has 0 N–H and O–H groups in total. The van der Waals surface area contributed by atoms with E-state index in [1.54, 1.807) is 0 Å². The average molecular weight is 670 g/mol. The van der Waals surface area contributed by atoms with Crippen molar-refractivity contribution in [3.8, 4) is 22.4 Å². The van der Waals surface area contributed by atoms with Crippen LogP contribution < -0.4 is 0 Å². The molecule has 0 aliphatic heterocycles. The van der Waals surface area contributed by atoms with E-state index in [-0.39, 0.29) is 0 Å². The molecule has 51 heavy (non-hydrogen) atoms. The van der Waals surface area contributed by atoms with E-state index in [0.717, 1.165) is 71.7 Å². The fourth-order valence-electron chi connectivity index (χ4n) is 7.68. The number of thiophene rings is 1. The summed E-state index contributed by atoms with van der Waals surface area (Å²) in [6.45, 7) is 6.31. The van der Waals surface area contributed by atoms with Gasteiger partial charge in [-0.3, -0.25) is 0 Å². The van der Waals surface area contributed by atoms with Gasteiger partial charge < -0.3 is 4.42 Å². The van der Waals surface area contributed by atoms with E-state index in [0.29, 0.717) is 0 Å². The number of rotatable bonds is 5. The van der Waals surface area contributed by atoms with E-state index < -0.39 is 0 Å². The first kappa shape index (κ1) is 29.6. The van der Waals surface area contributed by atoms with Crippen molar-refractivity contribution in [1.29, 1.82) is 0 Å². The molecule has 0 unspecified atom stereocenters. The van der Waals surface area contributed by atoms with Gasteiger partial charge in [0.15, 0.2) is 0 Å². The van der Waals surface area contributed by atoms with Gasteiger partial charge in [-0.2, -0.15) is 0 Å². The number of hydrogen-bond acceptors (Lipinski definition) is 3. The number of fused-ring (bicyclic) bond motifs is 8. The van der Waals surface area contributed by atoms with E-state index in [4.69, 9.17) is 9.40 Å². The van der Waals surface area contributed by atoms with Crippen molar-refractivity contribution in [3.05, 3.63) is 180 Å². The van der Waals surface area contributed by atoms with Gasteiger partial charge in [-0.25, -0.2) is 4.98 Å². The third-order valence-corrected chi connectivity index (χ3v) is 11.5.